The molecule has 4 aromatic carbocycles. The van der Waals surface area contributed by atoms with Gasteiger partial charge in [0.15, 0.2) is 0 Å². The molecule has 0 radical (unpaired) electrons. The number of hydrogen-bond acceptors (Lipinski definition) is 3. The topological polar surface area (TPSA) is 66.4 Å². The molecule has 0 spiro atoms. The van der Waals surface area contributed by atoms with E-state index in [1.165, 1.54) is 34.5 Å². The molecule has 0 aromatic heterocycles. The van der Waals surface area contributed by atoms with Crippen molar-refractivity contribution in [1.29, 1.82) is 0 Å². The Morgan fingerprint density at radius 2 is 1.60 bits per heavy atom. The number of allylic oxidation sites excluding steroid dienone is 3. The summed E-state index contributed by atoms with van der Waals surface area (Å²) in [5.74, 6) is -1.67. The SMILES string of the molecule is O=C(NCc1ccc(C(=O)O)cc1)C1=CC(c2ccccc2F)=CC2SC=C(Cc3ccc4ccccc4c3)C12. The van der Waals surface area contributed by atoms with Crippen LogP contribution in [-0.2, 0) is 17.8 Å². The highest BCUT2D eigenvalue weighted by Crippen LogP contribution is 2.47. The number of carbonyl (C=O) groups excluding carboxylic acids is 1. The fourth-order valence-electron chi connectivity index (χ4n) is 5.38. The van der Waals surface area contributed by atoms with Crippen molar-refractivity contribution in [2.24, 2.45) is 5.92 Å². The highest BCUT2D eigenvalue weighted by molar-refractivity contribution is 8.03. The Hall–Kier alpha value is -4.42. The van der Waals surface area contributed by atoms with E-state index in [2.05, 4.69) is 47.1 Å². The zero-order valence-corrected chi connectivity index (χ0v) is 22.3. The molecule has 1 aliphatic heterocycles. The van der Waals surface area contributed by atoms with Gasteiger partial charge in [-0.25, -0.2) is 9.18 Å². The molecule has 0 saturated carbocycles. The molecule has 2 unspecified atom stereocenters. The van der Waals surface area contributed by atoms with E-state index < -0.39 is 5.97 Å². The lowest BCUT2D eigenvalue weighted by Crippen LogP contribution is -2.32. The number of amides is 1. The van der Waals surface area contributed by atoms with Gasteiger partial charge in [-0.1, -0.05) is 84.4 Å². The van der Waals surface area contributed by atoms with Crippen molar-refractivity contribution < 1.29 is 19.1 Å². The minimum Gasteiger partial charge on any atom is -0.478 e. The van der Waals surface area contributed by atoms with Crippen LogP contribution in [0.25, 0.3) is 16.3 Å². The van der Waals surface area contributed by atoms with Gasteiger partial charge in [0.25, 0.3) is 0 Å². The molecule has 6 rings (SSSR count). The summed E-state index contributed by atoms with van der Waals surface area (Å²) in [7, 11) is 0. The predicted octanol–water partition coefficient (Wildman–Crippen LogP) is 7.18. The molecule has 198 valence electrons. The van der Waals surface area contributed by atoms with Crippen LogP contribution in [0.2, 0.25) is 0 Å². The molecular weight excluding hydrogens is 521 g/mol. The molecule has 1 amide bonds. The molecule has 4 nitrogen and oxygen atoms in total. The zero-order valence-electron chi connectivity index (χ0n) is 21.5. The summed E-state index contributed by atoms with van der Waals surface area (Å²) < 4.78 is 14.8. The van der Waals surface area contributed by atoms with Crippen LogP contribution >= 0.6 is 11.8 Å². The Balaban J connectivity index is 1.29. The second-order valence-corrected chi connectivity index (χ2v) is 11.1. The monoisotopic (exact) mass is 547 g/mol. The highest BCUT2D eigenvalue weighted by atomic mass is 32.2. The first-order chi connectivity index (χ1) is 19.5. The maximum atomic E-state index is 14.8. The Kier molecular flexibility index (Phi) is 7.10. The Labute approximate surface area is 235 Å². The van der Waals surface area contributed by atoms with Gasteiger partial charge in [-0.05, 0) is 63.6 Å². The lowest BCUT2D eigenvalue weighted by molar-refractivity contribution is -0.118. The summed E-state index contributed by atoms with van der Waals surface area (Å²) in [5, 5.41) is 16.7. The third-order valence-electron chi connectivity index (χ3n) is 7.42. The van der Waals surface area contributed by atoms with Crippen LogP contribution in [0.15, 0.2) is 120 Å². The Bertz CT molecular complexity index is 1720. The number of carboxylic acid groups (broad SMARTS) is 1. The lowest BCUT2D eigenvalue weighted by Gasteiger charge is -2.28. The van der Waals surface area contributed by atoms with Gasteiger partial charge in [-0.3, -0.25) is 4.79 Å². The van der Waals surface area contributed by atoms with E-state index in [9.17, 15) is 14.0 Å². The Morgan fingerprint density at radius 3 is 2.38 bits per heavy atom. The average molecular weight is 548 g/mol. The molecule has 6 heteroatoms. The maximum absolute atomic E-state index is 14.8. The number of hydrogen-bond donors (Lipinski definition) is 2. The molecule has 1 heterocycles. The number of carbonyl (C=O) groups is 2. The van der Waals surface area contributed by atoms with Crippen LogP contribution < -0.4 is 5.32 Å². The van der Waals surface area contributed by atoms with Crippen molar-refractivity contribution in [3.05, 3.63) is 148 Å². The Morgan fingerprint density at radius 1 is 0.875 bits per heavy atom. The van der Waals surface area contributed by atoms with Gasteiger partial charge in [0.1, 0.15) is 5.82 Å². The molecule has 2 atom stereocenters. The summed E-state index contributed by atoms with van der Waals surface area (Å²) in [6.07, 6.45) is 4.60. The van der Waals surface area contributed by atoms with Gasteiger partial charge in [0.05, 0.1) is 5.56 Å². The van der Waals surface area contributed by atoms with E-state index in [-0.39, 0.29) is 35.0 Å². The van der Waals surface area contributed by atoms with E-state index in [1.54, 1.807) is 42.1 Å². The fraction of sp³-hybridized carbons (Fsp3) is 0.118. The number of aromatic carboxylic acids is 1. The first-order valence-electron chi connectivity index (χ1n) is 13.1. The third-order valence-corrected chi connectivity index (χ3v) is 8.58. The molecule has 0 bridgehead atoms. The second-order valence-electron chi connectivity index (χ2n) is 10.0. The van der Waals surface area contributed by atoms with Crippen molar-refractivity contribution in [3.8, 4) is 0 Å². The smallest absolute Gasteiger partial charge is 0.335 e. The van der Waals surface area contributed by atoms with Gasteiger partial charge in [-0.15, -0.1) is 11.8 Å². The van der Waals surface area contributed by atoms with Gasteiger partial charge >= 0.3 is 5.97 Å². The van der Waals surface area contributed by atoms with E-state index in [4.69, 9.17) is 5.11 Å². The van der Waals surface area contributed by atoms with Crippen LogP contribution in [0, 0.1) is 11.7 Å². The summed E-state index contributed by atoms with van der Waals surface area (Å²) in [5.41, 5.74) is 5.09. The van der Waals surface area contributed by atoms with Crippen molar-refractivity contribution in [1.82, 2.24) is 5.32 Å². The summed E-state index contributed by atoms with van der Waals surface area (Å²) in [4.78, 5) is 24.9. The van der Waals surface area contributed by atoms with Crippen LogP contribution in [0.5, 0.6) is 0 Å². The second kappa shape index (κ2) is 11.0. The number of benzene rings is 4. The quantitative estimate of drug-likeness (QED) is 0.257. The fourth-order valence-corrected chi connectivity index (χ4v) is 6.64. The van der Waals surface area contributed by atoms with E-state index >= 15 is 0 Å². The summed E-state index contributed by atoms with van der Waals surface area (Å²) in [6.45, 7) is 0.253. The molecule has 2 N–H and O–H groups in total. The van der Waals surface area contributed by atoms with Crippen molar-refractivity contribution >= 4 is 40.0 Å². The van der Waals surface area contributed by atoms with Crippen LogP contribution in [0.1, 0.15) is 27.0 Å². The number of halogens is 1. The molecule has 2 aliphatic rings. The first kappa shape index (κ1) is 25.8. The summed E-state index contributed by atoms with van der Waals surface area (Å²) >= 11 is 1.66. The lowest BCUT2D eigenvalue weighted by atomic mass is 9.79. The van der Waals surface area contributed by atoms with Gasteiger partial charge < -0.3 is 10.4 Å². The predicted molar refractivity (Wildman–Crippen MR) is 158 cm³/mol. The number of fused-ring (bicyclic) bond motifs is 2. The van der Waals surface area contributed by atoms with E-state index in [0.717, 1.165) is 11.1 Å². The van der Waals surface area contributed by atoms with E-state index in [0.29, 0.717) is 23.1 Å². The number of thioether (sulfide) groups is 1. The molecule has 0 saturated heterocycles. The molecule has 0 fully saturated rings. The largest absolute Gasteiger partial charge is 0.478 e. The van der Waals surface area contributed by atoms with Gasteiger partial charge in [0.2, 0.25) is 5.91 Å². The number of carboxylic acids is 1. The van der Waals surface area contributed by atoms with Gasteiger partial charge in [0, 0.05) is 28.8 Å². The van der Waals surface area contributed by atoms with Gasteiger partial charge in [-0.2, -0.15) is 0 Å². The minimum atomic E-state index is -0.995. The molecule has 1 aliphatic carbocycles. The maximum Gasteiger partial charge on any atom is 0.335 e. The van der Waals surface area contributed by atoms with Crippen LogP contribution in [0.4, 0.5) is 4.39 Å². The molecular formula is C34H26FNO3S. The minimum absolute atomic E-state index is 0.0225. The molecule has 4 aromatic rings. The van der Waals surface area contributed by atoms with Crippen molar-refractivity contribution in [2.75, 3.05) is 0 Å². The average Bonchev–Trinajstić information content (AvgIpc) is 3.38. The van der Waals surface area contributed by atoms with Crippen LogP contribution in [-0.4, -0.2) is 22.2 Å². The first-order valence-corrected chi connectivity index (χ1v) is 14.0. The number of nitrogens with one attached hydrogen (secondary N) is 1. The van der Waals surface area contributed by atoms with Crippen LogP contribution in [0.3, 0.4) is 0 Å². The summed E-state index contributed by atoms with van der Waals surface area (Å²) in [6, 6.07) is 27.8. The standard InChI is InChI=1S/C34H26FNO3S/c35-30-8-4-3-7-28(30)26-17-29(33(37)36-19-21-9-13-24(14-10-21)34(38)39)32-27(20-40-31(32)18-26)16-22-11-12-23-5-1-2-6-25(23)15-22/h1-15,17-18,20,31-32H,16,19H2,(H,36,37)(H,38,39). The number of rotatable bonds is 7. The molecule has 40 heavy (non-hydrogen) atoms. The normalized spacial score (nSPS) is 18.0. The third kappa shape index (κ3) is 5.23. The highest BCUT2D eigenvalue weighted by Gasteiger charge is 2.38. The van der Waals surface area contributed by atoms with Crippen molar-refractivity contribution in [2.45, 2.75) is 18.2 Å². The van der Waals surface area contributed by atoms with E-state index in [1.807, 2.05) is 18.2 Å². The zero-order chi connectivity index (χ0) is 27.6. The van der Waals surface area contributed by atoms with Crippen molar-refractivity contribution in [3.63, 3.8) is 0 Å².